The van der Waals surface area contributed by atoms with Crippen molar-refractivity contribution in [3.63, 3.8) is 0 Å². The van der Waals surface area contributed by atoms with Crippen molar-refractivity contribution in [3.8, 4) is 5.75 Å². The molecule has 3 aromatic carbocycles. The highest BCUT2D eigenvalue weighted by Gasteiger charge is 2.45. The number of aliphatic carboxylic acids is 1. The fourth-order valence-corrected chi connectivity index (χ4v) is 11.0. The van der Waals surface area contributed by atoms with E-state index in [0.717, 1.165) is 63.5 Å². The van der Waals surface area contributed by atoms with E-state index < -0.39 is 104 Å². The van der Waals surface area contributed by atoms with Gasteiger partial charge >= 0.3 is 5.97 Å². The van der Waals surface area contributed by atoms with Gasteiger partial charge in [-0.05, 0) is 130 Å². The van der Waals surface area contributed by atoms with Crippen LogP contribution in [-0.2, 0) is 25.0 Å². The summed E-state index contributed by atoms with van der Waals surface area (Å²) >= 11 is 0.906. The predicted molar refractivity (Wildman–Crippen MR) is 306 cm³/mol. The summed E-state index contributed by atoms with van der Waals surface area (Å²) in [7, 11) is 0. The highest BCUT2D eigenvalue weighted by atomic mass is 32.2. The minimum absolute atomic E-state index is 0.0433. The van der Waals surface area contributed by atoms with Crippen molar-refractivity contribution in [1.82, 2.24) is 10.6 Å². The quantitative estimate of drug-likeness (QED) is 0.0140. The van der Waals surface area contributed by atoms with E-state index in [9.17, 15) is 75.8 Å². The largest absolute Gasteiger partial charge is 0.691 e. The number of aliphatic hydroxyl groups is 10. The fourth-order valence-electron chi connectivity index (χ4n) is 10.6. The molecule has 0 spiro atoms. The number of carboxylic acid groups (broad SMARTS) is 1. The molecule has 454 valence electrons. The number of hydrogen-bond acceptors (Lipinski definition) is 19. The molecule has 13 N–H and O–H groups in total. The Bertz CT molecular complexity index is 2860. The number of amides is 2. The number of carbonyl (C=O) groups is 3. The number of hydrogen-bond donors (Lipinski definition) is 13. The van der Waals surface area contributed by atoms with Gasteiger partial charge in [0.1, 0.15) is 54.7 Å². The predicted octanol–water partition coefficient (Wildman–Crippen LogP) is 2.37. The summed E-state index contributed by atoms with van der Waals surface area (Å²) in [6.45, 7) is 6.67. The number of carbonyl (C=O) groups excluding carboxylic acids is 2. The van der Waals surface area contributed by atoms with Crippen LogP contribution in [0.1, 0.15) is 117 Å². The topological polar surface area (TPSA) is 355 Å². The third-order valence-electron chi connectivity index (χ3n) is 15.4. The van der Waals surface area contributed by atoms with Crippen molar-refractivity contribution < 1.29 is 94.5 Å². The average Bonchev–Trinajstić information content (AvgIpc) is 1.96. The Hall–Kier alpha value is -5.87. The van der Waals surface area contributed by atoms with Gasteiger partial charge in [-0.2, -0.15) is 8.91 Å². The van der Waals surface area contributed by atoms with Gasteiger partial charge < -0.3 is 81.7 Å². The maximum Gasteiger partial charge on any atom is 0.303 e. The van der Waals surface area contributed by atoms with Crippen LogP contribution < -0.4 is 25.5 Å². The average molecular weight is 1180 g/mol. The van der Waals surface area contributed by atoms with Crippen LogP contribution >= 0.6 is 12.0 Å². The number of para-hydroxylation sites is 1. The lowest BCUT2D eigenvalue weighted by atomic mass is 9.80. The summed E-state index contributed by atoms with van der Waals surface area (Å²) in [6, 6.07) is 20.0. The van der Waals surface area contributed by atoms with E-state index in [-0.39, 0.29) is 17.5 Å². The Morgan fingerprint density at radius 1 is 0.711 bits per heavy atom. The number of ether oxygens (including phenoxy) is 1. The van der Waals surface area contributed by atoms with Gasteiger partial charge in [0.25, 0.3) is 11.8 Å². The summed E-state index contributed by atoms with van der Waals surface area (Å²) in [5.74, 6) is -0.220. The Morgan fingerprint density at radius 2 is 1.31 bits per heavy atom. The van der Waals surface area contributed by atoms with Crippen LogP contribution in [0.2, 0.25) is 0 Å². The molecule has 0 saturated heterocycles. The molecule has 2 aliphatic heterocycles. The highest BCUT2D eigenvalue weighted by molar-refractivity contribution is 7.94. The zero-order valence-electron chi connectivity index (χ0n) is 47.2. The maximum atomic E-state index is 13.6. The van der Waals surface area contributed by atoms with Crippen LogP contribution in [0.15, 0.2) is 114 Å². The van der Waals surface area contributed by atoms with Gasteiger partial charge in [-0.3, -0.25) is 19.4 Å². The van der Waals surface area contributed by atoms with Gasteiger partial charge in [0, 0.05) is 95.9 Å². The minimum Gasteiger partial charge on any atom is -0.691 e. The number of aliphatic hydroxyl groups excluding tert-OH is 10. The van der Waals surface area contributed by atoms with Crippen LogP contribution in [0, 0.1) is 0 Å². The summed E-state index contributed by atoms with van der Waals surface area (Å²) < 4.78 is 13.5. The first-order chi connectivity index (χ1) is 39.6. The number of fused-ring (bicyclic) bond motifs is 2. The SMILES string of the molecule is CC1(C)C(/C=C/C2=C(Oc3ccccc3)C(=C/C=C3/N(CCCCSOO[O-])c4ccc(C(=O)NCC(O)C(O)C(O)C(O)CO)cc4C3(C)C)/CCC2)=[N+](CCCCCC(=O)O)c2ccc(C(=O)NCC(O)C(O)C(O)C(O)CO)cc21. The second kappa shape index (κ2) is 30.8. The van der Waals surface area contributed by atoms with Crippen LogP contribution in [0.25, 0.3) is 0 Å². The summed E-state index contributed by atoms with van der Waals surface area (Å²) in [5.41, 5.74) is 6.18. The lowest BCUT2D eigenvalue weighted by molar-refractivity contribution is -0.777. The zero-order chi connectivity index (χ0) is 60.6. The first-order valence-corrected chi connectivity index (χ1v) is 28.8. The number of nitrogens with one attached hydrogen (secondary N) is 2. The maximum absolute atomic E-state index is 13.6. The number of anilines is 1. The normalized spacial score (nSPS) is 19.5. The molecule has 0 aromatic heterocycles. The number of rotatable bonds is 32. The Morgan fingerprint density at radius 3 is 1.92 bits per heavy atom. The fraction of sp³-hybridized carbons (Fsp3) is 0.500. The number of allylic oxidation sites excluding steroid dienone is 7. The molecule has 2 amide bonds. The molecule has 3 aromatic rings. The van der Waals surface area contributed by atoms with E-state index in [1.807, 2.05) is 56.3 Å². The zero-order valence-corrected chi connectivity index (χ0v) is 48.0. The Kier molecular flexibility index (Phi) is 24.6. The molecule has 23 heteroatoms. The first-order valence-electron chi connectivity index (χ1n) is 27.9. The molecule has 8 atom stereocenters. The molecule has 83 heavy (non-hydrogen) atoms. The van der Waals surface area contributed by atoms with Crippen LogP contribution in [0.5, 0.6) is 5.75 Å². The highest BCUT2D eigenvalue weighted by Crippen LogP contribution is 2.49. The number of unbranched alkanes of at least 4 members (excludes halogenated alkanes) is 3. The molecule has 2 heterocycles. The van der Waals surface area contributed by atoms with Gasteiger partial charge in [0.05, 0.1) is 30.8 Å². The number of carboxylic acids is 1. The molecule has 0 saturated carbocycles. The molecule has 6 rings (SSSR count). The van der Waals surface area contributed by atoms with E-state index in [0.29, 0.717) is 75.3 Å². The van der Waals surface area contributed by atoms with Gasteiger partial charge in [-0.15, -0.1) is 0 Å². The number of nitrogens with zero attached hydrogens (tertiary/aromatic N) is 2. The van der Waals surface area contributed by atoms with Gasteiger partial charge in [0.2, 0.25) is 5.69 Å². The first kappa shape index (κ1) is 66.3. The third-order valence-corrected chi connectivity index (χ3v) is 16.0. The smallest absolute Gasteiger partial charge is 0.303 e. The summed E-state index contributed by atoms with van der Waals surface area (Å²) in [6.07, 6.45) is -0.557. The van der Waals surface area contributed by atoms with Crippen molar-refractivity contribution in [2.75, 3.05) is 50.0 Å². The van der Waals surface area contributed by atoms with Gasteiger partial charge in [-0.1, -0.05) is 38.1 Å². The molecular formula is C60H80N4O18S. The monoisotopic (exact) mass is 1180 g/mol. The molecule has 1 aliphatic carbocycles. The Balaban J connectivity index is 1.36. The standard InChI is InChI=1S/C60H80N4O18S/c1-59(2)41-30-38(57(77)61-32-45(67)52(73)54(75)47(69)34-65)19-23-43(41)63(27-10-6-9-18-51(71)72)49(59)25-21-36-14-13-15-37(56(36)80-40-16-7-5-8-17-40)22-26-50-60(3,4)42-31-39(20-24-44(42)64(50)28-11-12-29-83-82-81-79)58(78)62-33-46(68)53(74)55(76)48(70)35-66/h5,7-8,16-17,19-26,30-31,45-48,52-55,65-70,73-76H,6,9-15,18,27-29,32-35H2,1-4H3,(H3-,61,62,71,72,77,78,79). The summed E-state index contributed by atoms with van der Waals surface area (Å²) in [5, 5.41) is 128. The van der Waals surface area contributed by atoms with E-state index >= 15 is 0 Å². The minimum atomic E-state index is -1.86. The van der Waals surface area contributed by atoms with Crippen molar-refractivity contribution >= 4 is 46.9 Å². The van der Waals surface area contributed by atoms with E-state index in [2.05, 4.69) is 67.6 Å². The third kappa shape index (κ3) is 16.7. The van der Waals surface area contributed by atoms with Crippen molar-refractivity contribution in [3.05, 3.63) is 136 Å². The molecule has 0 radical (unpaired) electrons. The molecule has 0 bridgehead atoms. The lowest BCUT2D eigenvalue weighted by Gasteiger charge is -2.27. The van der Waals surface area contributed by atoms with E-state index in [1.165, 1.54) is 0 Å². The molecule has 8 unspecified atom stereocenters. The molecule has 22 nitrogen and oxygen atoms in total. The van der Waals surface area contributed by atoms with Crippen molar-refractivity contribution in [2.24, 2.45) is 0 Å². The van der Waals surface area contributed by atoms with Crippen LogP contribution in [-0.4, -0.2) is 178 Å². The molecule has 3 aliphatic rings. The van der Waals surface area contributed by atoms with E-state index in [4.69, 9.17) is 4.74 Å². The second-order valence-electron chi connectivity index (χ2n) is 22.0. The summed E-state index contributed by atoms with van der Waals surface area (Å²) in [4.78, 5) is 40.8. The van der Waals surface area contributed by atoms with Gasteiger partial charge in [0.15, 0.2) is 5.71 Å². The van der Waals surface area contributed by atoms with Crippen molar-refractivity contribution in [1.29, 1.82) is 0 Å². The van der Waals surface area contributed by atoms with Crippen LogP contribution in [0.4, 0.5) is 11.4 Å². The number of benzene rings is 3. The molecule has 0 fully saturated rings. The van der Waals surface area contributed by atoms with E-state index in [1.54, 1.807) is 24.3 Å². The van der Waals surface area contributed by atoms with Crippen LogP contribution in [0.3, 0.4) is 0 Å². The molecular weight excluding hydrogens is 1100 g/mol. The van der Waals surface area contributed by atoms with Crippen molar-refractivity contribution in [2.45, 2.75) is 145 Å². The Labute approximate surface area is 487 Å². The van der Waals surface area contributed by atoms with Gasteiger partial charge in [-0.25, -0.2) is 0 Å². The second-order valence-corrected chi connectivity index (χ2v) is 22.8. The lowest BCUT2D eigenvalue weighted by Crippen LogP contribution is -2.49.